The molecule has 170 valence electrons. The number of rotatable bonds is 7. The molecule has 1 aromatic heterocycles. The van der Waals surface area contributed by atoms with Crippen molar-refractivity contribution in [2.24, 2.45) is 0 Å². The van der Waals surface area contributed by atoms with Crippen molar-refractivity contribution in [2.75, 3.05) is 14.2 Å². The predicted molar refractivity (Wildman–Crippen MR) is 114 cm³/mol. The van der Waals surface area contributed by atoms with Gasteiger partial charge in [-0.15, -0.1) is 10.2 Å². The second kappa shape index (κ2) is 9.56. The summed E-state index contributed by atoms with van der Waals surface area (Å²) in [4.78, 5) is 0. The number of aromatic nitrogens is 2. The fourth-order valence-electron chi connectivity index (χ4n) is 2.96. The molecule has 5 nitrogen and oxygen atoms in total. The average Bonchev–Trinajstić information content (AvgIpc) is 3.21. The van der Waals surface area contributed by atoms with Gasteiger partial charge in [0.05, 0.1) is 37.7 Å². The number of ether oxygens (including phenoxy) is 3. The van der Waals surface area contributed by atoms with Crippen LogP contribution in [0.3, 0.4) is 0 Å². The van der Waals surface area contributed by atoms with Crippen LogP contribution in [0.4, 0.5) is 17.6 Å². The SMILES string of the molecule is COC=Cc1cc(F)cc(-c2nnc(-c3ccc(OC(C)C)c(C(F)(F)F)c3)s2)c1OC. The zero-order chi connectivity index (χ0) is 23.5. The summed E-state index contributed by atoms with van der Waals surface area (Å²) in [6, 6.07) is 6.21. The molecule has 0 saturated carbocycles. The Labute approximate surface area is 186 Å². The number of hydrogen-bond donors (Lipinski definition) is 0. The first kappa shape index (κ1) is 23.5. The second-order valence-electron chi connectivity index (χ2n) is 6.90. The third kappa shape index (κ3) is 5.18. The molecule has 1 heterocycles. The summed E-state index contributed by atoms with van der Waals surface area (Å²) in [6.07, 6.45) is -2.14. The lowest BCUT2D eigenvalue weighted by Gasteiger charge is -2.16. The van der Waals surface area contributed by atoms with E-state index < -0.39 is 23.7 Å². The van der Waals surface area contributed by atoms with E-state index in [9.17, 15) is 17.6 Å². The van der Waals surface area contributed by atoms with Crippen molar-refractivity contribution in [1.82, 2.24) is 10.2 Å². The summed E-state index contributed by atoms with van der Waals surface area (Å²) < 4.78 is 70.5. The number of hydrogen-bond acceptors (Lipinski definition) is 6. The Bertz CT molecular complexity index is 1130. The molecule has 32 heavy (non-hydrogen) atoms. The Balaban J connectivity index is 2.06. The molecule has 10 heteroatoms. The molecule has 0 saturated heterocycles. The highest BCUT2D eigenvalue weighted by atomic mass is 32.1. The van der Waals surface area contributed by atoms with Crippen LogP contribution in [-0.2, 0) is 10.9 Å². The largest absolute Gasteiger partial charge is 0.504 e. The van der Waals surface area contributed by atoms with E-state index in [0.29, 0.717) is 21.9 Å². The number of benzene rings is 2. The van der Waals surface area contributed by atoms with Gasteiger partial charge >= 0.3 is 6.18 Å². The lowest BCUT2D eigenvalue weighted by atomic mass is 10.1. The van der Waals surface area contributed by atoms with Gasteiger partial charge in [0.2, 0.25) is 0 Å². The fraction of sp³-hybridized carbons (Fsp3) is 0.273. The van der Waals surface area contributed by atoms with Crippen LogP contribution < -0.4 is 9.47 Å². The predicted octanol–water partition coefficient (Wildman–Crippen LogP) is 6.44. The van der Waals surface area contributed by atoms with E-state index in [1.807, 2.05) is 0 Å². The van der Waals surface area contributed by atoms with Gasteiger partial charge in [0.25, 0.3) is 0 Å². The van der Waals surface area contributed by atoms with Crippen molar-refractivity contribution in [3.63, 3.8) is 0 Å². The summed E-state index contributed by atoms with van der Waals surface area (Å²) >= 11 is 1.02. The zero-order valence-electron chi connectivity index (χ0n) is 17.7. The number of nitrogens with zero attached hydrogens (tertiary/aromatic N) is 2. The molecule has 0 aliphatic heterocycles. The van der Waals surface area contributed by atoms with Gasteiger partial charge in [-0.3, -0.25) is 0 Å². The second-order valence-corrected chi connectivity index (χ2v) is 7.88. The molecular weight excluding hydrogens is 448 g/mol. The lowest BCUT2D eigenvalue weighted by Crippen LogP contribution is -2.13. The van der Waals surface area contributed by atoms with E-state index in [-0.39, 0.29) is 16.3 Å². The smallest absolute Gasteiger partial charge is 0.419 e. The molecule has 0 amide bonds. The summed E-state index contributed by atoms with van der Waals surface area (Å²) in [6.45, 7) is 3.29. The minimum Gasteiger partial charge on any atom is -0.504 e. The molecule has 0 bridgehead atoms. The molecule has 0 radical (unpaired) electrons. The summed E-state index contributed by atoms with van der Waals surface area (Å²) in [5.41, 5.74) is 0.0429. The van der Waals surface area contributed by atoms with Crippen molar-refractivity contribution in [2.45, 2.75) is 26.1 Å². The molecule has 0 aliphatic rings. The molecule has 0 fully saturated rings. The monoisotopic (exact) mass is 468 g/mol. The molecule has 0 unspecified atom stereocenters. The van der Waals surface area contributed by atoms with Gasteiger partial charge in [-0.1, -0.05) is 11.3 Å². The van der Waals surface area contributed by atoms with E-state index in [2.05, 4.69) is 10.2 Å². The maximum absolute atomic E-state index is 14.2. The normalized spacial score (nSPS) is 11.9. The maximum Gasteiger partial charge on any atom is 0.419 e. The van der Waals surface area contributed by atoms with Crippen LogP contribution in [0.2, 0.25) is 0 Å². The quantitative estimate of drug-likeness (QED) is 0.295. The average molecular weight is 468 g/mol. The van der Waals surface area contributed by atoms with Gasteiger partial charge in [0, 0.05) is 11.1 Å². The first-order chi connectivity index (χ1) is 15.1. The van der Waals surface area contributed by atoms with Gasteiger partial charge in [-0.05, 0) is 50.3 Å². The molecule has 0 atom stereocenters. The molecule has 3 aromatic rings. The van der Waals surface area contributed by atoms with Crippen molar-refractivity contribution in [3.05, 3.63) is 53.5 Å². The van der Waals surface area contributed by atoms with Crippen molar-refractivity contribution >= 4 is 17.4 Å². The first-order valence-corrected chi connectivity index (χ1v) is 10.2. The van der Waals surface area contributed by atoms with E-state index in [1.165, 1.54) is 50.8 Å². The third-order valence-electron chi connectivity index (χ3n) is 4.22. The lowest BCUT2D eigenvalue weighted by molar-refractivity contribution is -0.139. The van der Waals surface area contributed by atoms with E-state index in [1.54, 1.807) is 13.8 Å². The highest BCUT2D eigenvalue weighted by molar-refractivity contribution is 7.18. The number of halogens is 4. The van der Waals surface area contributed by atoms with E-state index in [0.717, 1.165) is 17.4 Å². The van der Waals surface area contributed by atoms with E-state index >= 15 is 0 Å². The zero-order valence-corrected chi connectivity index (χ0v) is 18.5. The molecule has 3 rings (SSSR count). The van der Waals surface area contributed by atoms with Gasteiger partial charge < -0.3 is 14.2 Å². The first-order valence-electron chi connectivity index (χ1n) is 9.43. The minimum absolute atomic E-state index is 0.215. The van der Waals surface area contributed by atoms with E-state index in [4.69, 9.17) is 14.2 Å². The van der Waals surface area contributed by atoms with Gasteiger partial charge in [-0.25, -0.2) is 4.39 Å². The van der Waals surface area contributed by atoms with Crippen molar-refractivity contribution in [3.8, 4) is 32.6 Å². The van der Waals surface area contributed by atoms with Crippen LogP contribution in [0.5, 0.6) is 11.5 Å². The molecule has 0 N–H and O–H groups in total. The van der Waals surface area contributed by atoms with Crippen molar-refractivity contribution in [1.29, 1.82) is 0 Å². The van der Waals surface area contributed by atoms with Crippen LogP contribution in [0.25, 0.3) is 27.2 Å². The Morgan fingerprint density at radius 1 is 1.03 bits per heavy atom. The molecular formula is C22H20F4N2O3S. The van der Waals surface area contributed by atoms with Gasteiger partial charge in [0.15, 0.2) is 5.01 Å². The highest BCUT2D eigenvalue weighted by Gasteiger charge is 2.35. The maximum atomic E-state index is 14.2. The van der Waals surface area contributed by atoms with Crippen LogP contribution in [0.15, 0.2) is 36.6 Å². The third-order valence-corrected chi connectivity index (χ3v) is 5.23. The Morgan fingerprint density at radius 2 is 1.75 bits per heavy atom. The number of methoxy groups -OCH3 is 2. The molecule has 0 spiro atoms. The van der Waals surface area contributed by atoms with Gasteiger partial charge in [-0.2, -0.15) is 13.2 Å². The standard InChI is InChI=1S/C22H20F4N2O3S/c1-12(2)31-18-6-5-14(10-17(18)22(24,25)26)20-27-28-21(32-20)16-11-15(23)9-13(7-8-29-3)19(16)30-4/h5-12H,1-4H3. The van der Waals surface area contributed by atoms with Crippen molar-refractivity contribution < 1.29 is 31.8 Å². The van der Waals surface area contributed by atoms with Crippen LogP contribution >= 0.6 is 11.3 Å². The highest BCUT2D eigenvalue weighted by Crippen LogP contribution is 2.42. The Morgan fingerprint density at radius 3 is 2.38 bits per heavy atom. The molecule has 2 aromatic carbocycles. The fourth-order valence-corrected chi connectivity index (χ4v) is 3.81. The topological polar surface area (TPSA) is 53.5 Å². The Hall–Kier alpha value is -3.14. The number of alkyl halides is 3. The van der Waals surface area contributed by atoms with Crippen LogP contribution in [0.1, 0.15) is 25.0 Å². The summed E-state index contributed by atoms with van der Waals surface area (Å²) in [5, 5.41) is 8.59. The van der Waals surface area contributed by atoms with Crippen LogP contribution in [-0.4, -0.2) is 30.5 Å². The molecule has 0 aliphatic carbocycles. The summed E-state index contributed by atoms with van der Waals surface area (Å²) in [7, 11) is 2.87. The Kier molecular flexibility index (Phi) is 7.02. The van der Waals surface area contributed by atoms with Crippen LogP contribution in [0, 0.1) is 5.82 Å². The van der Waals surface area contributed by atoms with Gasteiger partial charge in [0.1, 0.15) is 22.3 Å². The minimum atomic E-state index is -4.61. The summed E-state index contributed by atoms with van der Waals surface area (Å²) in [5.74, 6) is -0.468.